The molecule has 4 unspecified atom stereocenters. The van der Waals surface area contributed by atoms with Crippen molar-refractivity contribution in [2.24, 2.45) is 11.8 Å². The molecule has 0 aromatic carbocycles. The van der Waals surface area contributed by atoms with Crippen LogP contribution >= 0.6 is 0 Å². The van der Waals surface area contributed by atoms with E-state index in [4.69, 9.17) is 0 Å². The van der Waals surface area contributed by atoms with E-state index in [2.05, 4.69) is 18.8 Å². The van der Waals surface area contributed by atoms with E-state index in [0.717, 1.165) is 32.0 Å². The van der Waals surface area contributed by atoms with Crippen molar-refractivity contribution in [2.45, 2.75) is 70.5 Å². The number of carbonyl (C=O) groups is 1. The zero-order valence-corrected chi connectivity index (χ0v) is 11.8. The monoisotopic (exact) mass is 266 g/mol. The number of aldehydes is 1. The summed E-state index contributed by atoms with van der Waals surface area (Å²) in [5.74, 6) is 5.97. The Labute approximate surface area is 116 Å². The van der Waals surface area contributed by atoms with E-state index >= 15 is 0 Å². The van der Waals surface area contributed by atoms with Crippen LogP contribution in [0.15, 0.2) is 0 Å². The summed E-state index contributed by atoms with van der Waals surface area (Å²) < 4.78 is 0. The van der Waals surface area contributed by atoms with Crippen molar-refractivity contribution < 1.29 is 15.0 Å². The first-order valence-corrected chi connectivity index (χ1v) is 7.49. The second kappa shape index (κ2) is 9.12. The van der Waals surface area contributed by atoms with Gasteiger partial charge in [-0.25, -0.2) is 0 Å². The molecule has 19 heavy (non-hydrogen) atoms. The van der Waals surface area contributed by atoms with Crippen molar-refractivity contribution in [3.8, 4) is 11.8 Å². The van der Waals surface area contributed by atoms with Gasteiger partial charge in [-0.05, 0) is 25.7 Å². The molecule has 2 N–H and O–H groups in total. The maximum Gasteiger partial charge on any atom is 0.120 e. The van der Waals surface area contributed by atoms with Crippen LogP contribution in [0.1, 0.15) is 58.3 Å². The normalized spacial score (nSPS) is 27.6. The molecule has 1 saturated carbocycles. The van der Waals surface area contributed by atoms with Crippen molar-refractivity contribution in [1.82, 2.24) is 0 Å². The molecule has 3 nitrogen and oxygen atoms in total. The Kier molecular flexibility index (Phi) is 7.78. The summed E-state index contributed by atoms with van der Waals surface area (Å²) in [5, 5.41) is 19.6. The number of aliphatic hydroxyl groups is 2. The lowest BCUT2D eigenvalue weighted by molar-refractivity contribution is -0.109. The van der Waals surface area contributed by atoms with Crippen LogP contribution in [0.4, 0.5) is 0 Å². The Bertz CT molecular complexity index is 316. The molecule has 0 heterocycles. The largest absolute Gasteiger partial charge is 0.393 e. The van der Waals surface area contributed by atoms with Gasteiger partial charge in [-0.2, -0.15) is 0 Å². The van der Waals surface area contributed by atoms with Gasteiger partial charge in [0, 0.05) is 18.3 Å². The number of unbranched alkanes of at least 4 members (excludes halogenated alkanes) is 3. The summed E-state index contributed by atoms with van der Waals surface area (Å²) in [4.78, 5) is 10.6. The zero-order valence-electron chi connectivity index (χ0n) is 11.8. The molecule has 1 fully saturated rings. The molecule has 0 aromatic rings. The van der Waals surface area contributed by atoms with Gasteiger partial charge in [0.05, 0.1) is 6.10 Å². The van der Waals surface area contributed by atoms with Crippen LogP contribution in [-0.2, 0) is 4.79 Å². The van der Waals surface area contributed by atoms with E-state index in [1.165, 1.54) is 12.8 Å². The second-order valence-electron chi connectivity index (χ2n) is 5.47. The average Bonchev–Trinajstić information content (AvgIpc) is 2.74. The van der Waals surface area contributed by atoms with Crippen molar-refractivity contribution in [2.75, 3.05) is 0 Å². The van der Waals surface area contributed by atoms with Gasteiger partial charge in [-0.15, -0.1) is 0 Å². The summed E-state index contributed by atoms with van der Waals surface area (Å²) >= 11 is 0. The van der Waals surface area contributed by atoms with Gasteiger partial charge in [-0.3, -0.25) is 0 Å². The van der Waals surface area contributed by atoms with Crippen LogP contribution in [0, 0.1) is 23.7 Å². The molecule has 0 spiro atoms. The lowest BCUT2D eigenvalue weighted by Gasteiger charge is -2.14. The molecule has 0 aliphatic heterocycles. The first-order chi connectivity index (χ1) is 9.19. The average molecular weight is 266 g/mol. The Morgan fingerprint density at radius 1 is 1.32 bits per heavy atom. The molecule has 0 amide bonds. The third kappa shape index (κ3) is 5.76. The Morgan fingerprint density at radius 3 is 2.79 bits per heavy atom. The minimum atomic E-state index is -0.563. The summed E-state index contributed by atoms with van der Waals surface area (Å²) in [6, 6.07) is 0. The van der Waals surface area contributed by atoms with Crippen molar-refractivity contribution in [1.29, 1.82) is 0 Å². The molecule has 0 radical (unpaired) electrons. The summed E-state index contributed by atoms with van der Waals surface area (Å²) in [5.41, 5.74) is 0. The van der Waals surface area contributed by atoms with Crippen LogP contribution in [0.25, 0.3) is 0 Å². The fraction of sp³-hybridized carbons (Fsp3) is 0.812. The SMILES string of the molecule is CCCCCCC(O)C#CC1CCC(O)C1CC=O. The third-order valence-corrected chi connectivity index (χ3v) is 3.92. The number of carbonyl (C=O) groups excluding carboxylic acids is 1. The smallest absolute Gasteiger partial charge is 0.120 e. The van der Waals surface area contributed by atoms with E-state index in [9.17, 15) is 15.0 Å². The molecule has 3 heteroatoms. The summed E-state index contributed by atoms with van der Waals surface area (Å²) in [7, 11) is 0. The molecule has 1 rings (SSSR count). The Balaban J connectivity index is 2.36. The van der Waals surface area contributed by atoms with Gasteiger partial charge in [-0.1, -0.05) is 38.0 Å². The maximum atomic E-state index is 10.6. The molecule has 4 atom stereocenters. The third-order valence-electron chi connectivity index (χ3n) is 3.92. The van der Waals surface area contributed by atoms with Gasteiger partial charge < -0.3 is 15.0 Å². The van der Waals surface area contributed by atoms with Crippen LogP contribution in [0.5, 0.6) is 0 Å². The lowest BCUT2D eigenvalue weighted by atomic mass is 9.92. The fourth-order valence-corrected chi connectivity index (χ4v) is 2.70. The second-order valence-corrected chi connectivity index (χ2v) is 5.47. The number of hydrogen-bond acceptors (Lipinski definition) is 3. The van der Waals surface area contributed by atoms with Crippen LogP contribution < -0.4 is 0 Å². The van der Waals surface area contributed by atoms with Crippen LogP contribution in [0.3, 0.4) is 0 Å². The highest BCUT2D eigenvalue weighted by atomic mass is 16.3. The molecular formula is C16H26O3. The highest BCUT2D eigenvalue weighted by molar-refractivity contribution is 5.50. The minimum absolute atomic E-state index is 0.0442. The van der Waals surface area contributed by atoms with E-state index in [-0.39, 0.29) is 11.8 Å². The van der Waals surface area contributed by atoms with Gasteiger partial charge in [0.2, 0.25) is 0 Å². The predicted molar refractivity (Wildman–Crippen MR) is 75.4 cm³/mol. The number of aliphatic hydroxyl groups excluding tert-OH is 2. The first-order valence-electron chi connectivity index (χ1n) is 7.49. The fourth-order valence-electron chi connectivity index (χ4n) is 2.70. The van der Waals surface area contributed by atoms with E-state index in [1.807, 2.05) is 0 Å². The van der Waals surface area contributed by atoms with Crippen molar-refractivity contribution >= 4 is 6.29 Å². The Morgan fingerprint density at radius 2 is 2.11 bits per heavy atom. The maximum absolute atomic E-state index is 10.6. The van der Waals surface area contributed by atoms with Gasteiger partial charge in [0.25, 0.3) is 0 Å². The van der Waals surface area contributed by atoms with Crippen LogP contribution in [-0.4, -0.2) is 28.7 Å². The summed E-state index contributed by atoms with van der Waals surface area (Å²) in [6.07, 6.45) is 7.06. The highest BCUT2D eigenvalue weighted by Crippen LogP contribution is 2.33. The van der Waals surface area contributed by atoms with Gasteiger partial charge in [0.15, 0.2) is 0 Å². The molecular weight excluding hydrogens is 240 g/mol. The van der Waals surface area contributed by atoms with E-state index in [0.29, 0.717) is 12.8 Å². The molecule has 0 bridgehead atoms. The first kappa shape index (κ1) is 16.2. The highest BCUT2D eigenvalue weighted by Gasteiger charge is 2.33. The predicted octanol–water partition coefficient (Wildman–Crippen LogP) is 2.30. The molecule has 1 aliphatic rings. The number of hydrogen-bond donors (Lipinski definition) is 2. The van der Waals surface area contributed by atoms with Crippen LogP contribution in [0.2, 0.25) is 0 Å². The van der Waals surface area contributed by atoms with Crippen molar-refractivity contribution in [3.63, 3.8) is 0 Å². The Hall–Kier alpha value is -0.850. The molecule has 0 aromatic heterocycles. The van der Waals surface area contributed by atoms with Crippen molar-refractivity contribution in [3.05, 3.63) is 0 Å². The van der Waals surface area contributed by atoms with Gasteiger partial charge in [0.1, 0.15) is 12.4 Å². The standard InChI is InChI=1S/C16H26O3/c1-2-3-4-5-6-14(18)9-7-13-8-10-16(19)15(13)11-12-17/h12-16,18-19H,2-6,8,10-11H2,1H3. The summed E-state index contributed by atoms with van der Waals surface area (Å²) in [6.45, 7) is 2.16. The van der Waals surface area contributed by atoms with E-state index < -0.39 is 12.2 Å². The zero-order chi connectivity index (χ0) is 14.1. The quantitative estimate of drug-likeness (QED) is 0.422. The lowest BCUT2D eigenvalue weighted by Crippen LogP contribution is -2.19. The minimum Gasteiger partial charge on any atom is -0.393 e. The topological polar surface area (TPSA) is 57.5 Å². The molecule has 0 saturated heterocycles. The van der Waals surface area contributed by atoms with E-state index in [1.54, 1.807) is 0 Å². The molecule has 108 valence electrons. The molecule has 1 aliphatic carbocycles. The number of rotatable bonds is 7. The van der Waals surface area contributed by atoms with Gasteiger partial charge >= 0.3 is 0 Å².